The molecule has 1 aromatic carbocycles. The normalized spacial score (nSPS) is 15.3. The molecule has 1 heterocycles. The predicted octanol–water partition coefficient (Wildman–Crippen LogP) is 1.60. The van der Waals surface area contributed by atoms with Gasteiger partial charge in [-0.3, -0.25) is 4.79 Å². The highest BCUT2D eigenvalue weighted by Crippen LogP contribution is 2.32. The summed E-state index contributed by atoms with van der Waals surface area (Å²) in [4.78, 5) is 12.3. The van der Waals surface area contributed by atoms with Crippen LogP contribution in [0.15, 0.2) is 18.2 Å². The standard InChI is InChI=1S/C11H11F3N2O/c12-11(13,14)6-16-9-2-1-7(5-15)3-8(9)4-10(16)17/h1-3H,4-6,15H2. The van der Waals surface area contributed by atoms with E-state index in [0.29, 0.717) is 17.8 Å². The van der Waals surface area contributed by atoms with Crippen LogP contribution in [0.5, 0.6) is 0 Å². The summed E-state index contributed by atoms with van der Waals surface area (Å²) in [6, 6.07) is 4.85. The molecule has 0 aliphatic carbocycles. The average molecular weight is 244 g/mol. The minimum atomic E-state index is -4.39. The third kappa shape index (κ3) is 2.41. The van der Waals surface area contributed by atoms with E-state index in [0.717, 1.165) is 10.5 Å². The van der Waals surface area contributed by atoms with Gasteiger partial charge in [0.1, 0.15) is 6.54 Å². The van der Waals surface area contributed by atoms with Gasteiger partial charge in [0.05, 0.1) is 6.42 Å². The van der Waals surface area contributed by atoms with Gasteiger partial charge in [-0.1, -0.05) is 12.1 Å². The van der Waals surface area contributed by atoms with Gasteiger partial charge in [0, 0.05) is 12.2 Å². The van der Waals surface area contributed by atoms with Crippen molar-refractivity contribution < 1.29 is 18.0 Å². The lowest BCUT2D eigenvalue weighted by molar-refractivity contribution is -0.131. The molecule has 2 N–H and O–H groups in total. The van der Waals surface area contributed by atoms with Crippen molar-refractivity contribution >= 4 is 11.6 Å². The second kappa shape index (κ2) is 4.03. The summed E-state index contributed by atoms with van der Waals surface area (Å²) in [5.41, 5.74) is 7.20. The maximum atomic E-state index is 12.3. The number of hydrogen-bond donors (Lipinski definition) is 1. The first kappa shape index (κ1) is 11.9. The van der Waals surface area contributed by atoms with Crippen molar-refractivity contribution in [3.05, 3.63) is 29.3 Å². The van der Waals surface area contributed by atoms with Crippen LogP contribution in [0.2, 0.25) is 0 Å². The fourth-order valence-corrected chi connectivity index (χ4v) is 1.92. The van der Waals surface area contributed by atoms with E-state index in [1.54, 1.807) is 12.1 Å². The average Bonchev–Trinajstić information content (AvgIpc) is 2.52. The summed E-state index contributed by atoms with van der Waals surface area (Å²) in [5.74, 6) is -0.522. The topological polar surface area (TPSA) is 46.3 Å². The molecule has 1 amide bonds. The molecule has 1 aliphatic heterocycles. The summed E-state index contributed by atoms with van der Waals surface area (Å²) < 4.78 is 36.9. The Hall–Kier alpha value is -1.56. The van der Waals surface area contributed by atoms with E-state index in [1.807, 2.05) is 0 Å². The number of rotatable bonds is 2. The fourth-order valence-electron chi connectivity index (χ4n) is 1.92. The monoisotopic (exact) mass is 244 g/mol. The number of halogens is 3. The van der Waals surface area contributed by atoms with Crippen LogP contribution in [0.1, 0.15) is 11.1 Å². The molecule has 6 heteroatoms. The molecule has 0 saturated carbocycles. The highest BCUT2D eigenvalue weighted by Gasteiger charge is 2.37. The number of fused-ring (bicyclic) bond motifs is 1. The molecule has 92 valence electrons. The number of amides is 1. The fraction of sp³-hybridized carbons (Fsp3) is 0.364. The first-order chi connectivity index (χ1) is 7.90. The van der Waals surface area contributed by atoms with Crippen LogP contribution in [-0.4, -0.2) is 18.6 Å². The van der Waals surface area contributed by atoms with E-state index >= 15 is 0 Å². The van der Waals surface area contributed by atoms with Crippen molar-refractivity contribution in [1.82, 2.24) is 0 Å². The molecule has 0 radical (unpaired) electrons. The van der Waals surface area contributed by atoms with Gasteiger partial charge >= 0.3 is 6.18 Å². The van der Waals surface area contributed by atoms with Crippen LogP contribution in [0.3, 0.4) is 0 Å². The molecule has 3 nitrogen and oxygen atoms in total. The van der Waals surface area contributed by atoms with Gasteiger partial charge in [-0.15, -0.1) is 0 Å². The lowest BCUT2D eigenvalue weighted by Crippen LogP contribution is -2.36. The molecule has 1 aromatic rings. The van der Waals surface area contributed by atoms with E-state index < -0.39 is 18.6 Å². The lowest BCUT2D eigenvalue weighted by Gasteiger charge is -2.19. The van der Waals surface area contributed by atoms with E-state index in [-0.39, 0.29) is 6.42 Å². The van der Waals surface area contributed by atoms with E-state index in [4.69, 9.17) is 5.73 Å². The predicted molar refractivity (Wildman–Crippen MR) is 56.4 cm³/mol. The highest BCUT2D eigenvalue weighted by molar-refractivity contribution is 6.01. The summed E-state index contributed by atoms with van der Waals surface area (Å²) in [6.07, 6.45) is -4.37. The smallest absolute Gasteiger partial charge is 0.326 e. The summed E-state index contributed by atoms with van der Waals surface area (Å²) >= 11 is 0. The van der Waals surface area contributed by atoms with Crippen LogP contribution in [0.25, 0.3) is 0 Å². The van der Waals surface area contributed by atoms with Crippen LogP contribution in [0, 0.1) is 0 Å². The number of carbonyl (C=O) groups is 1. The highest BCUT2D eigenvalue weighted by atomic mass is 19.4. The summed E-state index contributed by atoms with van der Waals surface area (Å²) in [5, 5.41) is 0. The third-order valence-corrected chi connectivity index (χ3v) is 2.65. The maximum Gasteiger partial charge on any atom is 0.406 e. The van der Waals surface area contributed by atoms with Crippen LogP contribution >= 0.6 is 0 Å². The Kier molecular flexibility index (Phi) is 2.82. The Morgan fingerprint density at radius 2 is 2.06 bits per heavy atom. The van der Waals surface area contributed by atoms with Gasteiger partial charge in [0.2, 0.25) is 5.91 Å². The van der Waals surface area contributed by atoms with Crippen molar-refractivity contribution in [2.45, 2.75) is 19.1 Å². The zero-order valence-electron chi connectivity index (χ0n) is 8.92. The largest absolute Gasteiger partial charge is 0.406 e. The molecule has 0 fully saturated rings. The van der Waals surface area contributed by atoms with Crippen molar-refractivity contribution in [1.29, 1.82) is 0 Å². The minimum Gasteiger partial charge on any atom is -0.326 e. The Bertz CT molecular complexity index is 457. The van der Waals surface area contributed by atoms with E-state index in [1.165, 1.54) is 6.07 Å². The van der Waals surface area contributed by atoms with Gasteiger partial charge in [-0.25, -0.2) is 0 Å². The Labute approximate surface area is 96.0 Å². The molecule has 17 heavy (non-hydrogen) atoms. The van der Waals surface area contributed by atoms with Crippen LogP contribution in [0.4, 0.5) is 18.9 Å². The van der Waals surface area contributed by atoms with Gasteiger partial charge in [-0.05, 0) is 17.2 Å². The number of nitrogens with two attached hydrogens (primary N) is 1. The third-order valence-electron chi connectivity index (χ3n) is 2.65. The second-order valence-corrected chi connectivity index (χ2v) is 3.94. The molecule has 0 bridgehead atoms. The van der Waals surface area contributed by atoms with Gasteiger partial charge < -0.3 is 10.6 Å². The maximum absolute atomic E-state index is 12.3. The van der Waals surface area contributed by atoms with Gasteiger partial charge in [-0.2, -0.15) is 13.2 Å². The molecule has 0 saturated heterocycles. The van der Waals surface area contributed by atoms with E-state index in [9.17, 15) is 18.0 Å². The molecule has 2 rings (SSSR count). The second-order valence-electron chi connectivity index (χ2n) is 3.94. The Morgan fingerprint density at radius 1 is 1.35 bits per heavy atom. The molecular weight excluding hydrogens is 233 g/mol. The lowest BCUT2D eigenvalue weighted by atomic mass is 10.1. The zero-order valence-corrected chi connectivity index (χ0v) is 8.92. The number of carbonyl (C=O) groups excluding carboxylic acids is 1. The number of nitrogens with zero attached hydrogens (tertiary/aromatic N) is 1. The number of anilines is 1. The first-order valence-corrected chi connectivity index (χ1v) is 5.10. The number of benzene rings is 1. The first-order valence-electron chi connectivity index (χ1n) is 5.10. The van der Waals surface area contributed by atoms with E-state index in [2.05, 4.69) is 0 Å². The zero-order chi connectivity index (χ0) is 12.6. The molecule has 0 aromatic heterocycles. The van der Waals surface area contributed by atoms with Crippen LogP contribution < -0.4 is 10.6 Å². The molecular formula is C11H11F3N2O. The molecule has 0 spiro atoms. The summed E-state index contributed by atoms with van der Waals surface area (Å²) in [6.45, 7) is -0.929. The molecule has 0 atom stereocenters. The van der Waals surface area contributed by atoms with Crippen molar-refractivity contribution in [3.8, 4) is 0 Å². The number of alkyl halides is 3. The number of hydrogen-bond acceptors (Lipinski definition) is 2. The minimum absolute atomic E-state index is 0.0131. The van der Waals surface area contributed by atoms with Crippen LogP contribution in [-0.2, 0) is 17.8 Å². The Balaban J connectivity index is 2.31. The quantitative estimate of drug-likeness (QED) is 0.858. The van der Waals surface area contributed by atoms with Gasteiger partial charge in [0.15, 0.2) is 0 Å². The van der Waals surface area contributed by atoms with Gasteiger partial charge in [0.25, 0.3) is 0 Å². The molecule has 0 unspecified atom stereocenters. The summed E-state index contributed by atoms with van der Waals surface area (Å²) in [7, 11) is 0. The molecule has 1 aliphatic rings. The van der Waals surface area contributed by atoms with Crippen molar-refractivity contribution in [2.75, 3.05) is 11.4 Å². The Morgan fingerprint density at radius 3 is 2.65 bits per heavy atom. The van der Waals surface area contributed by atoms with Crippen molar-refractivity contribution in [3.63, 3.8) is 0 Å². The van der Waals surface area contributed by atoms with Crippen molar-refractivity contribution in [2.24, 2.45) is 5.73 Å². The SMILES string of the molecule is NCc1ccc2c(c1)CC(=O)N2CC(F)(F)F.